The molecule has 0 saturated heterocycles. The minimum absolute atomic E-state index is 0.215. The van der Waals surface area contributed by atoms with E-state index in [2.05, 4.69) is 31.0 Å². The maximum atomic E-state index is 6.20. The van der Waals surface area contributed by atoms with Crippen LogP contribution in [-0.2, 0) is 0 Å². The summed E-state index contributed by atoms with van der Waals surface area (Å²) in [7, 11) is 0. The summed E-state index contributed by atoms with van der Waals surface area (Å²) in [6, 6.07) is 5.98. The molecule has 1 N–H and O–H groups in total. The SMILES string of the molecule is CCN(CC)CCNC(C)c1cccc(Cl)c1Cl. The van der Waals surface area contributed by atoms with Crippen LogP contribution in [0.25, 0.3) is 0 Å². The van der Waals surface area contributed by atoms with Crippen molar-refractivity contribution in [3.8, 4) is 0 Å². The summed E-state index contributed by atoms with van der Waals surface area (Å²) in [6.07, 6.45) is 0. The molecule has 0 heterocycles. The molecule has 0 bridgehead atoms. The van der Waals surface area contributed by atoms with Crippen molar-refractivity contribution in [2.75, 3.05) is 26.2 Å². The van der Waals surface area contributed by atoms with Gasteiger partial charge in [-0.3, -0.25) is 0 Å². The first-order valence-corrected chi connectivity index (χ1v) is 7.25. The molecule has 1 aromatic rings. The summed E-state index contributed by atoms with van der Waals surface area (Å²) in [5.74, 6) is 0. The second-order valence-corrected chi connectivity index (χ2v) is 5.13. The Bertz CT molecular complexity index is 365. The lowest BCUT2D eigenvalue weighted by atomic mass is 10.1. The van der Waals surface area contributed by atoms with E-state index >= 15 is 0 Å². The molecule has 0 aliphatic carbocycles. The van der Waals surface area contributed by atoms with E-state index < -0.39 is 0 Å². The van der Waals surface area contributed by atoms with Crippen molar-refractivity contribution >= 4 is 23.2 Å². The van der Waals surface area contributed by atoms with E-state index in [0.717, 1.165) is 31.7 Å². The predicted octanol–water partition coefficient (Wildman–Crippen LogP) is 3.99. The molecule has 1 atom stereocenters. The Balaban J connectivity index is 2.50. The van der Waals surface area contributed by atoms with E-state index in [1.165, 1.54) is 0 Å². The summed E-state index contributed by atoms with van der Waals surface area (Å²) in [5, 5.41) is 4.75. The Kier molecular flexibility index (Phi) is 7.02. The quantitative estimate of drug-likeness (QED) is 0.816. The van der Waals surface area contributed by atoms with E-state index in [1.54, 1.807) is 0 Å². The second kappa shape index (κ2) is 8.00. The molecule has 4 heteroatoms. The Morgan fingerprint density at radius 3 is 2.50 bits per heavy atom. The average Bonchev–Trinajstić information content (AvgIpc) is 2.37. The van der Waals surface area contributed by atoms with Crippen LogP contribution in [0.15, 0.2) is 18.2 Å². The van der Waals surface area contributed by atoms with Crippen LogP contribution >= 0.6 is 23.2 Å². The average molecular weight is 289 g/mol. The van der Waals surface area contributed by atoms with Crippen molar-refractivity contribution < 1.29 is 0 Å². The number of nitrogens with one attached hydrogen (secondary N) is 1. The van der Waals surface area contributed by atoms with Crippen molar-refractivity contribution in [1.29, 1.82) is 0 Å². The molecule has 0 aliphatic rings. The first kappa shape index (κ1) is 15.8. The van der Waals surface area contributed by atoms with Gasteiger partial charge in [-0.05, 0) is 31.6 Å². The topological polar surface area (TPSA) is 15.3 Å². The van der Waals surface area contributed by atoms with Gasteiger partial charge < -0.3 is 10.2 Å². The Morgan fingerprint density at radius 2 is 1.89 bits per heavy atom. The van der Waals surface area contributed by atoms with Crippen LogP contribution in [0.2, 0.25) is 10.0 Å². The zero-order valence-corrected chi connectivity index (χ0v) is 12.9. The number of hydrogen-bond acceptors (Lipinski definition) is 2. The van der Waals surface area contributed by atoms with E-state index in [9.17, 15) is 0 Å². The van der Waals surface area contributed by atoms with Crippen molar-refractivity contribution in [2.45, 2.75) is 26.8 Å². The number of hydrogen-bond donors (Lipinski definition) is 1. The molecule has 2 nitrogen and oxygen atoms in total. The fourth-order valence-corrected chi connectivity index (χ4v) is 2.42. The molecular weight excluding hydrogens is 267 g/mol. The molecule has 0 saturated carbocycles. The van der Waals surface area contributed by atoms with Gasteiger partial charge in [0.1, 0.15) is 0 Å². The fourth-order valence-electron chi connectivity index (χ4n) is 1.94. The van der Waals surface area contributed by atoms with Crippen LogP contribution in [0.5, 0.6) is 0 Å². The van der Waals surface area contributed by atoms with Gasteiger partial charge in [0, 0.05) is 19.1 Å². The molecule has 0 radical (unpaired) electrons. The van der Waals surface area contributed by atoms with E-state index in [0.29, 0.717) is 10.0 Å². The van der Waals surface area contributed by atoms with Gasteiger partial charge in [-0.1, -0.05) is 49.2 Å². The lowest BCUT2D eigenvalue weighted by Gasteiger charge is -2.21. The summed E-state index contributed by atoms with van der Waals surface area (Å²) in [5.41, 5.74) is 1.06. The highest BCUT2D eigenvalue weighted by molar-refractivity contribution is 6.42. The Morgan fingerprint density at radius 1 is 1.22 bits per heavy atom. The van der Waals surface area contributed by atoms with Gasteiger partial charge in [0.15, 0.2) is 0 Å². The van der Waals surface area contributed by atoms with Crippen molar-refractivity contribution in [3.63, 3.8) is 0 Å². The molecule has 1 aromatic carbocycles. The number of halogens is 2. The normalized spacial score (nSPS) is 13.0. The highest BCUT2D eigenvalue weighted by Gasteiger charge is 2.11. The molecule has 0 aliphatic heterocycles. The van der Waals surface area contributed by atoms with Gasteiger partial charge in [-0.25, -0.2) is 0 Å². The molecular formula is C14H22Cl2N2. The highest BCUT2D eigenvalue weighted by Crippen LogP contribution is 2.29. The smallest absolute Gasteiger partial charge is 0.0639 e. The van der Waals surface area contributed by atoms with Gasteiger partial charge in [-0.15, -0.1) is 0 Å². The largest absolute Gasteiger partial charge is 0.309 e. The van der Waals surface area contributed by atoms with Gasteiger partial charge in [0.05, 0.1) is 10.0 Å². The van der Waals surface area contributed by atoms with E-state index in [4.69, 9.17) is 23.2 Å². The minimum Gasteiger partial charge on any atom is -0.309 e. The van der Waals surface area contributed by atoms with Crippen LogP contribution in [0.3, 0.4) is 0 Å². The van der Waals surface area contributed by atoms with Gasteiger partial charge in [0.2, 0.25) is 0 Å². The van der Waals surface area contributed by atoms with Crippen molar-refractivity contribution in [1.82, 2.24) is 10.2 Å². The lowest BCUT2D eigenvalue weighted by molar-refractivity contribution is 0.298. The zero-order chi connectivity index (χ0) is 13.5. The van der Waals surface area contributed by atoms with Crippen LogP contribution in [-0.4, -0.2) is 31.1 Å². The predicted molar refractivity (Wildman–Crippen MR) is 80.7 cm³/mol. The maximum absolute atomic E-state index is 6.20. The van der Waals surface area contributed by atoms with Crippen molar-refractivity contribution in [2.24, 2.45) is 0 Å². The zero-order valence-electron chi connectivity index (χ0n) is 11.3. The molecule has 0 aromatic heterocycles. The molecule has 0 amide bonds. The third kappa shape index (κ3) is 4.43. The Labute approximate surface area is 120 Å². The van der Waals surface area contributed by atoms with Gasteiger partial charge in [0.25, 0.3) is 0 Å². The fraction of sp³-hybridized carbons (Fsp3) is 0.571. The van der Waals surface area contributed by atoms with E-state index in [1.807, 2.05) is 18.2 Å². The van der Waals surface area contributed by atoms with Crippen LogP contribution < -0.4 is 5.32 Å². The number of rotatable bonds is 7. The lowest BCUT2D eigenvalue weighted by Crippen LogP contribution is -2.33. The van der Waals surface area contributed by atoms with Gasteiger partial charge in [-0.2, -0.15) is 0 Å². The summed E-state index contributed by atoms with van der Waals surface area (Å²) in [6.45, 7) is 10.7. The number of nitrogens with zero attached hydrogens (tertiary/aromatic N) is 1. The number of likely N-dealkylation sites (N-methyl/N-ethyl adjacent to an activating group) is 1. The monoisotopic (exact) mass is 288 g/mol. The van der Waals surface area contributed by atoms with E-state index in [-0.39, 0.29) is 6.04 Å². The molecule has 0 spiro atoms. The standard InChI is InChI=1S/C14H22Cl2N2/c1-4-18(5-2)10-9-17-11(3)12-7-6-8-13(15)14(12)16/h6-8,11,17H,4-5,9-10H2,1-3H3. The minimum atomic E-state index is 0.215. The van der Waals surface area contributed by atoms with Crippen LogP contribution in [0.4, 0.5) is 0 Å². The van der Waals surface area contributed by atoms with Crippen molar-refractivity contribution in [3.05, 3.63) is 33.8 Å². The Hall–Kier alpha value is -0.280. The third-order valence-corrected chi connectivity index (χ3v) is 4.05. The molecule has 0 fully saturated rings. The molecule has 102 valence electrons. The number of benzene rings is 1. The first-order chi connectivity index (χ1) is 8.60. The van der Waals surface area contributed by atoms with Crippen LogP contribution in [0, 0.1) is 0 Å². The molecule has 1 rings (SSSR count). The third-order valence-electron chi connectivity index (χ3n) is 3.22. The summed E-state index contributed by atoms with van der Waals surface area (Å²) < 4.78 is 0. The van der Waals surface area contributed by atoms with Crippen LogP contribution in [0.1, 0.15) is 32.4 Å². The highest BCUT2D eigenvalue weighted by atomic mass is 35.5. The summed E-state index contributed by atoms with van der Waals surface area (Å²) >= 11 is 12.2. The first-order valence-electron chi connectivity index (χ1n) is 6.49. The maximum Gasteiger partial charge on any atom is 0.0639 e. The summed E-state index contributed by atoms with van der Waals surface area (Å²) in [4.78, 5) is 2.39. The molecule has 18 heavy (non-hydrogen) atoms. The second-order valence-electron chi connectivity index (χ2n) is 4.35. The van der Waals surface area contributed by atoms with Gasteiger partial charge >= 0.3 is 0 Å². The molecule has 1 unspecified atom stereocenters.